The molecule has 0 saturated carbocycles. The van der Waals surface area contributed by atoms with Gasteiger partial charge in [0.2, 0.25) is 0 Å². The number of hydrogen-bond acceptors (Lipinski definition) is 3. The summed E-state index contributed by atoms with van der Waals surface area (Å²) in [6.07, 6.45) is -0.668. The molecule has 0 aliphatic carbocycles. The number of carboxylic acids is 1. The van der Waals surface area contributed by atoms with Gasteiger partial charge in [-0.1, -0.05) is 30.3 Å². The summed E-state index contributed by atoms with van der Waals surface area (Å²) in [7, 11) is 0. The summed E-state index contributed by atoms with van der Waals surface area (Å²) in [5.74, 6) is -1.44. The van der Waals surface area contributed by atoms with Gasteiger partial charge in [0.15, 0.2) is 0 Å². The van der Waals surface area contributed by atoms with E-state index in [2.05, 4.69) is 5.32 Å². The van der Waals surface area contributed by atoms with Gasteiger partial charge in [-0.3, -0.25) is 4.79 Å². The Morgan fingerprint density at radius 3 is 2.52 bits per heavy atom. The van der Waals surface area contributed by atoms with Crippen LogP contribution in [0.2, 0.25) is 0 Å². The van der Waals surface area contributed by atoms with E-state index in [1.165, 1.54) is 4.90 Å². The van der Waals surface area contributed by atoms with Crippen LogP contribution in [-0.2, 0) is 4.79 Å². The zero-order chi connectivity index (χ0) is 15.4. The van der Waals surface area contributed by atoms with Crippen LogP contribution in [0.15, 0.2) is 30.3 Å². The molecule has 0 bridgehead atoms. The minimum atomic E-state index is -1.00. The summed E-state index contributed by atoms with van der Waals surface area (Å²) in [5, 5.41) is 21.7. The van der Waals surface area contributed by atoms with Gasteiger partial charge in [-0.05, 0) is 18.9 Å². The van der Waals surface area contributed by atoms with Crippen molar-refractivity contribution in [3.8, 4) is 0 Å². The first kappa shape index (κ1) is 15.3. The monoisotopic (exact) mass is 292 g/mol. The van der Waals surface area contributed by atoms with Crippen LogP contribution in [0, 0.1) is 5.92 Å². The average Bonchev–Trinajstić information content (AvgIpc) is 2.47. The molecule has 114 valence electrons. The quantitative estimate of drug-likeness (QED) is 0.787. The fourth-order valence-corrected chi connectivity index (χ4v) is 2.75. The summed E-state index contributed by atoms with van der Waals surface area (Å²) in [6.45, 7) is 2.42. The highest BCUT2D eigenvalue weighted by Crippen LogP contribution is 2.22. The molecule has 1 heterocycles. The lowest BCUT2D eigenvalue weighted by Crippen LogP contribution is -2.54. The van der Waals surface area contributed by atoms with E-state index in [1.807, 2.05) is 37.3 Å². The number of rotatable bonds is 4. The summed E-state index contributed by atoms with van der Waals surface area (Å²) in [5.41, 5.74) is 1.05. The summed E-state index contributed by atoms with van der Waals surface area (Å²) >= 11 is 0. The molecule has 6 heteroatoms. The Kier molecular flexibility index (Phi) is 4.80. The van der Waals surface area contributed by atoms with Crippen LogP contribution in [-0.4, -0.2) is 46.3 Å². The van der Waals surface area contributed by atoms with Crippen molar-refractivity contribution in [3.05, 3.63) is 35.9 Å². The smallest absolute Gasteiger partial charge is 0.407 e. The van der Waals surface area contributed by atoms with Crippen LogP contribution in [0.3, 0.4) is 0 Å². The largest absolute Gasteiger partial charge is 0.481 e. The van der Waals surface area contributed by atoms with Crippen LogP contribution in [0.25, 0.3) is 0 Å². The van der Waals surface area contributed by atoms with E-state index >= 15 is 0 Å². The number of nitrogens with one attached hydrogen (secondary N) is 1. The number of amides is 1. The van der Waals surface area contributed by atoms with Crippen LogP contribution in [0.4, 0.5) is 4.79 Å². The number of piperidine rings is 1. The molecule has 1 aromatic carbocycles. The van der Waals surface area contributed by atoms with E-state index in [4.69, 9.17) is 5.11 Å². The predicted molar refractivity (Wildman–Crippen MR) is 77.1 cm³/mol. The van der Waals surface area contributed by atoms with Crippen LogP contribution in [0.1, 0.15) is 24.9 Å². The Morgan fingerprint density at radius 2 is 1.95 bits per heavy atom. The van der Waals surface area contributed by atoms with E-state index in [1.54, 1.807) is 0 Å². The van der Waals surface area contributed by atoms with E-state index in [-0.39, 0.29) is 25.2 Å². The molecule has 3 atom stereocenters. The van der Waals surface area contributed by atoms with Gasteiger partial charge in [-0.25, -0.2) is 4.79 Å². The number of carbonyl (C=O) groups is 2. The highest BCUT2D eigenvalue weighted by atomic mass is 16.4. The molecule has 0 aromatic heterocycles. The number of carboxylic acid groups (broad SMARTS) is 2. The summed E-state index contributed by atoms with van der Waals surface area (Å²) in [6, 6.07) is 9.27. The molecule has 3 N–H and O–H groups in total. The lowest BCUT2D eigenvalue weighted by atomic mass is 9.90. The highest BCUT2D eigenvalue weighted by Gasteiger charge is 2.36. The zero-order valence-electron chi connectivity index (χ0n) is 11.9. The van der Waals surface area contributed by atoms with Crippen molar-refractivity contribution in [2.24, 2.45) is 5.92 Å². The van der Waals surface area contributed by atoms with Gasteiger partial charge in [-0.15, -0.1) is 0 Å². The van der Waals surface area contributed by atoms with Gasteiger partial charge in [-0.2, -0.15) is 0 Å². The molecular weight excluding hydrogens is 272 g/mol. The lowest BCUT2D eigenvalue weighted by molar-refractivity contribution is -0.144. The number of hydrogen-bond donors (Lipinski definition) is 3. The summed E-state index contributed by atoms with van der Waals surface area (Å²) < 4.78 is 0. The molecule has 1 aliphatic heterocycles. The number of aliphatic carboxylic acids is 1. The number of nitrogens with zero attached hydrogens (tertiary/aromatic N) is 1. The fraction of sp³-hybridized carbons (Fsp3) is 0.467. The molecule has 1 amide bonds. The maximum atomic E-state index is 11.4. The molecule has 1 aromatic rings. The first-order chi connectivity index (χ1) is 9.99. The van der Waals surface area contributed by atoms with Crippen molar-refractivity contribution in [2.45, 2.75) is 25.4 Å². The van der Waals surface area contributed by atoms with Gasteiger partial charge >= 0.3 is 12.1 Å². The maximum absolute atomic E-state index is 11.4. The minimum absolute atomic E-state index is 0.0354. The third kappa shape index (κ3) is 3.72. The molecule has 1 fully saturated rings. The second kappa shape index (κ2) is 6.58. The molecule has 6 nitrogen and oxygen atoms in total. The molecule has 1 aliphatic rings. The molecule has 2 rings (SSSR count). The van der Waals surface area contributed by atoms with Crippen molar-refractivity contribution in [3.63, 3.8) is 0 Å². The Labute approximate surface area is 123 Å². The first-order valence-electron chi connectivity index (χ1n) is 7.00. The SMILES string of the molecule is C[C@@H](N[C@H]1CN(C(=O)O)CC[C@H]1C(=O)O)c1ccccc1. The van der Waals surface area contributed by atoms with Crippen molar-refractivity contribution in [1.82, 2.24) is 10.2 Å². The topological polar surface area (TPSA) is 89.9 Å². The second-order valence-corrected chi connectivity index (χ2v) is 5.37. The van der Waals surface area contributed by atoms with E-state index in [0.29, 0.717) is 6.42 Å². The Hall–Kier alpha value is -2.08. The molecule has 0 radical (unpaired) electrons. The van der Waals surface area contributed by atoms with Crippen LogP contribution in [0.5, 0.6) is 0 Å². The minimum Gasteiger partial charge on any atom is -0.481 e. The van der Waals surface area contributed by atoms with E-state index < -0.39 is 18.0 Å². The fourth-order valence-electron chi connectivity index (χ4n) is 2.75. The third-order valence-corrected chi connectivity index (χ3v) is 3.96. The Balaban J connectivity index is 2.09. The van der Waals surface area contributed by atoms with Crippen molar-refractivity contribution in [2.75, 3.05) is 13.1 Å². The zero-order valence-corrected chi connectivity index (χ0v) is 11.9. The van der Waals surface area contributed by atoms with Crippen molar-refractivity contribution in [1.29, 1.82) is 0 Å². The lowest BCUT2D eigenvalue weighted by Gasteiger charge is -2.37. The standard InChI is InChI=1S/C15H20N2O4/c1-10(11-5-3-2-4-6-11)16-13-9-17(15(20)21)8-7-12(13)14(18)19/h2-6,10,12-13,16H,7-9H2,1H3,(H,18,19)(H,20,21)/t10-,12-,13+/m1/s1. The van der Waals surface area contributed by atoms with Crippen molar-refractivity contribution < 1.29 is 19.8 Å². The second-order valence-electron chi connectivity index (χ2n) is 5.37. The summed E-state index contributed by atoms with van der Waals surface area (Å²) in [4.78, 5) is 23.7. The van der Waals surface area contributed by atoms with Gasteiger partial charge in [0.1, 0.15) is 0 Å². The van der Waals surface area contributed by atoms with Gasteiger partial charge in [0, 0.05) is 25.2 Å². The van der Waals surface area contributed by atoms with Crippen molar-refractivity contribution >= 4 is 12.1 Å². The number of benzene rings is 1. The van der Waals surface area contributed by atoms with Gasteiger partial charge in [0.05, 0.1) is 5.92 Å². The molecule has 0 unspecified atom stereocenters. The first-order valence-corrected chi connectivity index (χ1v) is 7.00. The average molecular weight is 292 g/mol. The maximum Gasteiger partial charge on any atom is 0.407 e. The van der Waals surface area contributed by atoms with Crippen LogP contribution < -0.4 is 5.32 Å². The normalized spacial score (nSPS) is 23.6. The molecular formula is C15H20N2O4. The van der Waals surface area contributed by atoms with Gasteiger partial charge < -0.3 is 20.4 Å². The predicted octanol–water partition coefficient (Wildman–Crippen LogP) is 1.79. The Bertz CT molecular complexity index is 506. The third-order valence-electron chi connectivity index (χ3n) is 3.96. The molecule has 21 heavy (non-hydrogen) atoms. The highest BCUT2D eigenvalue weighted by molar-refractivity contribution is 5.72. The number of likely N-dealkylation sites (tertiary alicyclic amines) is 1. The Morgan fingerprint density at radius 1 is 1.29 bits per heavy atom. The molecule has 1 saturated heterocycles. The van der Waals surface area contributed by atoms with Crippen LogP contribution >= 0.6 is 0 Å². The molecule has 0 spiro atoms. The van der Waals surface area contributed by atoms with E-state index in [0.717, 1.165) is 5.56 Å². The van der Waals surface area contributed by atoms with E-state index in [9.17, 15) is 14.7 Å². The van der Waals surface area contributed by atoms with Gasteiger partial charge in [0.25, 0.3) is 0 Å².